The number of aromatic amines is 1. The number of nitrogens with one attached hydrogen (secondary N) is 1. The molecule has 5 heteroatoms. The van der Waals surface area contributed by atoms with Gasteiger partial charge >= 0.3 is 6.18 Å². The number of H-pyrrole nitrogens is 1. The first-order chi connectivity index (χ1) is 6.48. The lowest BCUT2D eigenvalue weighted by Crippen LogP contribution is -2.03. The molecule has 0 bridgehead atoms. The molecule has 1 aromatic heterocycles. The molecule has 0 saturated heterocycles. The van der Waals surface area contributed by atoms with Gasteiger partial charge in [-0.25, -0.2) is 4.39 Å². The second-order valence-electron chi connectivity index (χ2n) is 2.89. The molecular formula is C9H5F4N. The minimum absolute atomic E-state index is 0.141. The normalized spacial score (nSPS) is 12.3. The highest BCUT2D eigenvalue weighted by Gasteiger charge is 2.33. The van der Waals surface area contributed by atoms with Crippen molar-refractivity contribution < 1.29 is 17.6 Å². The lowest BCUT2D eigenvalue weighted by molar-refractivity contribution is -0.136. The van der Waals surface area contributed by atoms with Crippen LogP contribution in [0.25, 0.3) is 10.9 Å². The van der Waals surface area contributed by atoms with E-state index in [-0.39, 0.29) is 10.9 Å². The van der Waals surface area contributed by atoms with Crippen LogP contribution in [0.5, 0.6) is 0 Å². The Kier molecular flexibility index (Phi) is 1.77. The lowest BCUT2D eigenvalue weighted by atomic mass is 10.1. The third-order valence-corrected chi connectivity index (χ3v) is 1.95. The van der Waals surface area contributed by atoms with Gasteiger partial charge in [-0.3, -0.25) is 0 Å². The summed E-state index contributed by atoms with van der Waals surface area (Å²) in [6, 6.07) is 3.26. The molecule has 74 valence electrons. The van der Waals surface area contributed by atoms with E-state index in [0.29, 0.717) is 0 Å². The van der Waals surface area contributed by atoms with Gasteiger partial charge in [0.15, 0.2) is 0 Å². The highest BCUT2D eigenvalue weighted by atomic mass is 19.4. The van der Waals surface area contributed by atoms with Crippen molar-refractivity contribution in [3.05, 3.63) is 35.8 Å². The van der Waals surface area contributed by atoms with E-state index in [1.807, 2.05) is 0 Å². The molecule has 0 saturated carbocycles. The maximum absolute atomic E-state index is 12.7. The number of hydrogen-bond acceptors (Lipinski definition) is 0. The smallest absolute Gasteiger partial charge is 0.361 e. The van der Waals surface area contributed by atoms with Crippen LogP contribution in [0.3, 0.4) is 0 Å². The Bertz CT molecular complexity index is 469. The number of benzene rings is 1. The molecule has 14 heavy (non-hydrogen) atoms. The summed E-state index contributed by atoms with van der Waals surface area (Å²) in [6.45, 7) is 0. The molecule has 1 aromatic carbocycles. The molecule has 0 spiro atoms. The first-order valence-corrected chi connectivity index (χ1v) is 3.82. The molecule has 2 aromatic rings. The summed E-state index contributed by atoms with van der Waals surface area (Å²) in [6.07, 6.45) is -3.61. The Balaban J connectivity index is 2.73. The van der Waals surface area contributed by atoms with Gasteiger partial charge in [-0.1, -0.05) is 0 Å². The summed E-state index contributed by atoms with van der Waals surface area (Å²) in [5, 5.41) is -0.141. The van der Waals surface area contributed by atoms with Gasteiger partial charge in [0.1, 0.15) is 5.82 Å². The topological polar surface area (TPSA) is 15.8 Å². The highest BCUT2D eigenvalue weighted by molar-refractivity contribution is 5.83. The van der Waals surface area contributed by atoms with Gasteiger partial charge in [-0.2, -0.15) is 13.2 Å². The van der Waals surface area contributed by atoms with E-state index in [9.17, 15) is 17.6 Å². The van der Waals surface area contributed by atoms with Crippen molar-refractivity contribution in [3.8, 4) is 0 Å². The minimum atomic E-state index is -4.45. The van der Waals surface area contributed by atoms with E-state index in [0.717, 1.165) is 18.3 Å². The Morgan fingerprint density at radius 1 is 1.14 bits per heavy atom. The first kappa shape index (κ1) is 9.05. The van der Waals surface area contributed by atoms with Crippen LogP contribution < -0.4 is 0 Å². The average molecular weight is 203 g/mol. The molecule has 1 N–H and O–H groups in total. The van der Waals surface area contributed by atoms with Gasteiger partial charge < -0.3 is 4.98 Å². The number of hydrogen-bond donors (Lipinski definition) is 1. The van der Waals surface area contributed by atoms with Crippen LogP contribution >= 0.6 is 0 Å². The second kappa shape index (κ2) is 2.73. The van der Waals surface area contributed by atoms with Crippen molar-refractivity contribution in [2.75, 3.05) is 0 Å². The van der Waals surface area contributed by atoms with E-state index in [1.165, 1.54) is 6.07 Å². The number of aromatic nitrogens is 1. The molecule has 2 rings (SSSR count). The highest BCUT2D eigenvalue weighted by Crippen LogP contribution is 2.34. The molecule has 0 atom stereocenters. The van der Waals surface area contributed by atoms with E-state index >= 15 is 0 Å². The predicted octanol–water partition coefficient (Wildman–Crippen LogP) is 3.33. The summed E-state index contributed by atoms with van der Waals surface area (Å²) in [5.74, 6) is -0.678. The fourth-order valence-corrected chi connectivity index (χ4v) is 1.33. The van der Waals surface area contributed by atoms with Crippen LogP contribution in [-0.2, 0) is 6.18 Å². The number of alkyl halides is 3. The van der Waals surface area contributed by atoms with Crippen molar-refractivity contribution in [1.82, 2.24) is 4.98 Å². The lowest BCUT2D eigenvalue weighted by Gasteiger charge is -2.03. The zero-order valence-corrected chi connectivity index (χ0v) is 6.82. The van der Waals surface area contributed by atoms with Crippen LogP contribution in [0.1, 0.15) is 5.56 Å². The number of fused-ring (bicyclic) bond motifs is 1. The summed E-state index contributed by atoms with van der Waals surface area (Å²) in [5.41, 5.74) is -0.564. The van der Waals surface area contributed by atoms with Crippen LogP contribution in [-0.4, -0.2) is 4.98 Å². The van der Waals surface area contributed by atoms with Gasteiger partial charge in [-0.15, -0.1) is 0 Å². The molecule has 1 heterocycles. The van der Waals surface area contributed by atoms with E-state index in [4.69, 9.17) is 0 Å². The van der Waals surface area contributed by atoms with Crippen molar-refractivity contribution in [3.63, 3.8) is 0 Å². The summed E-state index contributed by atoms with van der Waals surface area (Å²) < 4.78 is 49.7. The van der Waals surface area contributed by atoms with Crippen molar-refractivity contribution in [2.45, 2.75) is 6.18 Å². The zero-order valence-electron chi connectivity index (χ0n) is 6.82. The minimum Gasteiger partial charge on any atom is -0.361 e. The Morgan fingerprint density at radius 3 is 2.50 bits per heavy atom. The second-order valence-corrected chi connectivity index (χ2v) is 2.89. The van der Waals surface area contributed by atoms with Crippen molar-refractivity contribution in [2.24, 2.45) is 0 Å². The van der Waals surface area contributed by atoms with E-state index in [2.05, 4.69) is 4.98 Å². The van der Waals surface area contributed by atoms with E-state index < -0.39 is 17.6 Å². The number of rotatable bonds is 0. The molecule has 0 radical (unpaired) electrons. The van der Waals surface area contributed by atoms with Gasteiger partial charge in [0.25, 0.3) is 0 Å². The molecule has 0 unspecified atom stereocenters. The summed E-state index contributed by atoms with van der Waals surface area (Å²) >= 11 is 0. The van der Waals surface area contributed by atoms with Crippen LogP contribution in [0.4, 0.5) is 17.6 Å². The Hall–Kier alpha value is -1.52. The fraction of sp³-hybridized carbons (Fsp3) is 0.111. The Morgan fingerprint density at radius 2 is 1.86 bits per heavy atom. The van der Waals surface area contributed by atoms with Crippen LogP contribution in [0.15, 0.2) is 24.4 Å². The molecule has 0 aliphatic carbocycles. The largest absolute Gasteiger partial charge is 0.418 e. The van der Waals surface area contributed by atoms with Crippen LogP contribution in [0.2, 0.25) is 0 Å². The molecule has 0 fully saturated rings. The average Bonchev–Trinajstić information content (AvgIpc) is 2.45. The van der Waals surface area contributed by atoms with Gasteiger partial charge in [0.05, 0.1) is 5.56 Å². The first-order valence-electron chi connectivity index (χ1n) is 3.82. The third-order valence-electron chi connectivity index (χ3n) is 1.95. The van der Waals surface area contributed by atoms with Crippen LogP contribution in [0, 0.1) is 5.82 Å². The van der Waals surface area contributed by atoms with Crippen molar-refractivity contribution >= 4 is 10.9 Å². The SMILES string of the molecule is Fc1ccc2[nH]cc(C(F)(F)F)c2c1. The molecule has 1 nitrogen and oxygen atoms in total. The fourth-order valence-electron chi connectivity index (χ4n) is 1.33. The van der Waals surface area contributed by atoms with Gasteiger partial charge in [-0.05, 0) is 18.2 Å². The van der Waals surface area contributed by atoms with Crippen molar-refractivity contribution in [1.29, 1.82) is 0 Å². The maximum Gasteiger partial charge on any atom is 0.418 e. The van der Waals surface area contributed by atoms with E-state index in [1.54, 1.807) is 0 Å². The monoisotopic (exact) mass is 203 g/mol. The standard InChI is InChI=1S/C9H5F4N/c10-5-1-2-8-6(3-5)7(4-14-8)9(11,12)13/h1-4,14H. The molecule has 0 aliphatic heterocycles. The molecule has 0 amide bonds. The molecular weight excluding hydrogens is 198 g/mol. The predicted molar refractivity (Wildman–Crippen MR) is 43.3 cm³/mol. The molecule has 0 aliphatic rings. The quantitative estimate of drug-likeness (QED) is 0.632. The maximum atomic E-state index is 12.7. The Labute approximate surface area is 76.3 Å². The third kappa shape index (κ3) is 1.34. The van der Waals surface area contributed by atoms with Gasteiger partial charge in [0.2, 0.25) is 0 Å². The zero-order chi connectivity index (χ0) is 10.3. The summed E-state index contributed by atoms with van der Waals surface area (Å²) in [4.78, 5) is 2.44. The summed E-state index contributed by atoms with van der Waals surface area (Å²) in [7, 11) is 0. The van der Waals surface area contributed by atoms with Gasteiger partial charge in [0, 0.05) is 17.1 Å². The number of halogens is 4.